The molecule has 0 radical (unpaired) electrons. The van der Waals surface area contributed by atoms with Crippen LogP contribution in [0, 0.1) is 13.8 Å². The zero-order valence-electron chi connectivity index (χ0n) is 13.6. The largest absolute Gasteiger partial charge is 0.507 e. The van der Waals surface area contributed by atoms with Crippen molar-refractivity contribution in [1.82, 2.24) is 15.5 Å². The molecule has 1 aromatic rings. The van der Waals surface area contributed by atoms with Gasteiger partial charge >= 0.3 is 0 Å². The van der Waals surface area contributed by atoms with E-state index in [0.717, 1.165) is 49.4 Å². The molecule has 3 N–H and O–H groups in total. The van der Waals surface area contributed by atoms with Crippen molar-refractivity contribution in [2.45, 2.75) is 26.7 Å². The Kier molecular flexibility index (Phi) is 6.21. The van der Waals surface area contributed by atoms with E-state index in [1.54, 1.807) is 0 Å². The summed E-state index contributed by atoms with van der Waals surface area (Å²) < 4.78 is 0. The molecule has 0 spiro atoms. The average molecular weight is 305 g/mol. The van der Waals surface area contributed by atoms with E-state index in [4.69, 9.17) is 0 Å². The summed E-state index contributed by atoms with van der Waals surface area (Å²) in [4.78, 5) is 14.3. The van der Waals surface area contributed by atoms with Gasteiger partial charge in [-0.2, -0.15) is 0 Å². The highest BCUT2D eigenvalue weighted by atomic mass is 16.3. The molecule has 0 aromatic heterocycles. The highest BCUT2D eigenvalue weighted by Crippen LogP contribution is 2.23. The van der Waals surface area contributed by atoms with Gasteiger partial charge in [0, 0.05) is 45.7 Å². The maximum Gasteiger partial charge on any atom is 0.220 e. The van der Waals surface area contributed by atoms with Crippen LogP contribution in [0.4, 0.5) is 0 Å². The van der Waals surface area contributed by atoms with Gasteiger partial charge in [-0.25, -0.2) is 0 Å². The molecule has 0 saturated carbocycles. The summed E-state index contributed by atoms with van der Waals surface area (Å²) >= 11 is 0. The Morgan fingerprint density at radius 1 is 1.27 bits per heavy atom. The Hall–Kier alpha value is -1.59. The molecule has 22 heavy (non-hydrogen) atoms. The second-order valence-corrected chi connectivity index (χ2v) is 6.02. The van der Waals surface area contributed by atoms with Crippen LogP contribution in [0.3, 0.4) is 0 Å². The highest BCUT2D eigenvalue weighted by Gasteiger charge is 2.10. The molecule has 1 heterocycles. The number of hydrogen-bond acceptors (Lipinski definition) is 4. The summed E-state index contributed by atoms with van der Waals surface area (Å²) in [6.45, 7) is 9.60. The number of benzene rings is 1. The third kappa shape index (κ3) is 5.00. The Morgan fingerprint density at radius 3 is 2.55 bits per heavy atom. The smallest absolute Gasteiger partial charge is 0.220 e. The fraction of sp³-hybridized carbons (Fsp3) is 0.588. The standard InChI is InChI=1S/C17H27N3O2/c1-13-11-15(12-14(2)17(13)22)3-4-16(21)19-7-10-20-8-5-18-6-9-20/h11-12,18,22H,3-10H2,1-2H3,(H,19,21). The number of aryl methyl sites for hydroxylation is 3. The van der Waals surface area contributed by atoms with E-state index in [9.17, 15) is 9.90 Å². The van der Waals surface area contributed by atoms with E-state index < -0.39 is 0 Å². The van der Waals surface area contributed by atoms with Crippen molar-refractivity contribution in [2.24, 2.45) is 0 Å². The lowest BCUT2D eigenvalue weighted by Gasteiger charge is -2.27. The number of phenols is 1. The van der Waals surface area contributed by atoms with E-state index in [1.807, 2.05) is 26.0 Å². The summed E-state index contributed by atoms with van der Waals surface area (Å²) in [5.41, 5.74) is 2.84. The summed E-state index contributed by atoms with van der Waals surface area (Å²) in [5, 5.41) is 16.1. The van der Waals surface area contributed by atoms with Gasteiger partial charge in [-0.1, -0.05) is 12.1 Å². The number of carbonyl (C=O) groups is 1. The van der Waals surface area contributed by atoms with Crippen LogP contribution in [0.5, 0.6) is 5.75 Å². The van der Waals surface area contributed by atoms with Crippen molar-refractivity contribution in [2.75, 3.05) is 39.3 Å². The third-order valence-electron chi connectivity index (χ3n) is 4.15. The molecule has 0 atom stereocenters. The number of carbonyl (C=O) groups excluding carboxylic acids is 1. The predicted molar refractivity (Wildman–Crippen MR) is 88.2 cm³/mol. The van der Waals surface area contributed by atoms with Crippen molar-refractivity contribution < 1.29 is 9.90 Å². The average Bonchev–Trinajstić information content (AvgIpc) is 2.51. The number of rotatable bonds is 6. The Morgan fingerprint density at radius 2 is 1.91 bits per heavy atom. The summed E-state index contributed by atoms with van der Waals surface area (Å²) in [5.74, 6) is 0.447. The van der Waals surface area contributed by atoms with E-state index in [2.05, 4.69) is 15.5 Å². The van der Waals surface area contributed by atoms with Crippen molar-refractivity contribution in [3.05, 3.63) is 28.8 Å². The number of hydrogen-bond donors (Lipinski definition) is 3. The molecule has 0 unspecified atom stereocenters. The van der Waals surface area contributed by atoms with Crippen molar-refractivity contribution in [1.29, 1.82) is 0 Å². The van der Waals surface area contributed by atoms with E-state index in [0.29, 0.717) is 25.1 Å². The number of piperazine rings is 1. The molecule has 0 aliphatic carbocycles. The molecular weight excluding hydrogens is 278 g/mol. The lowest BCUT2D eigenvalue weighted by molar-refractivity contribution is -0.121. The molecule has 5 nitrogen and oxygen atoms in total. The predicted octanol–water partition coefficient (Wildman–Crippen LogP) is 0.963. The van der Waals surface area contributed by atoms with Gasteiger partial charge < -0.3 is 15.7 Å². The fourth-order valence-electron chi connectivity index (χ4n) is 2.82. The fourth-order valence-corrected chi connectivity index (χ4v) is 2.82. The maximum atomic E-state index is 11.9. The van der Waals surface area contributed by atoms with Crippen LogP contribution in [-0.2, 0) is 11.2 Å². The number of aromatic hydroxyl groups is 1. The first-order chi connectivity index (χ1) is 10.6. The van der Waals surface area contributed by atoms with Gasteiger partial charge in [0.15, 0.2) is 0 Å². The molecule has 2 rings (SSSR count). The lowest BCUT2D eigenvalue weighted by atomic mass is 10.0. The topological polar surface area (TPSA) is 64.6 Å². The molecule has 122 valence electrons. The lowest BCUT2D eigenvalue weighted by Crippen LogP contribution is -2.46. The first-order valence-corrected chi connectivity index (χ1v) is 8.05. The van der Waals surface area contributed by atoms with Crippen LogP contribution in [0.2, 0.25) is 0 Å². The molecular formula is C17H27N3O2. The van der Waals surface area contributed by atoms with Gasteiger partial charge in [0.1, 0.15) is 5.75 Å². The van der Waals surface area contributed by atoms with Crippen molar-refractivity contribution >= 4 is 5.91 Å². The molecule has 1 aliphatic rings. The van der Waals surface area contributed by atoms with Crippen LogP contribution in [0.15, 0.2) is 12.1 Å². The first kappa shape index (κ1) is 16.8. The van der Waals surface area contributed by atoms with Crippen LogP contribution >= 0.6 is 0 Å². The normalized spacial score (nSPS) is 15.7. The highest BCUT2D eigenvalue weighted by molar-refractivity contribution is 5.76. The zero-order valence-corrected chi connectivity index (χ0v) is 13.6. The summed E-state index contributed by atoms with van der Waals surface area (Å²) in [6, 6.07) is 3.91. The number of nitrogens with zero attached hydrogens (tertiary/aromatic N) is 1. The quantitative estimate of drug-likeness (QED) is 0.732. The molecule has 1 aliphatic heterocycles. The molecule has 0 bridgehead atoms. The minimum absolute atomic E-state index is 0.0958. The van der Waals surface area contributed by atoms with Gasteiger partial charge in [0.25, 0.3) is 0 Å². The van der Waals surface area contributed by atoms with Crippen LogP contribution in [0.25, 0.3) is 0 Å². The van der Waals surface area contributed by atoms with Gasteiger partial charge in [-0.15, -0.1) is 0 Å². The van der Waals surface area contributed by atoms with E-state index >= 15 is 0 Å². The SMILES string of the molecule is Cc1cc(CCC(=O)NCCN2CCNCC2)cc(C)c1O. The van der Waals surface area contributed by atoms with E-state index in [-0.39, 0.29) is 5.91 Å². The summed E-state index contributed by atoms with van der Waals surface area (Å²) in [7, 11) is 0. The van der Waals surface area contributed by atoms with Gasteiger partial charge in [-0.3, -0.25) is 9.69 Å². The minimum Gasteiger partial charge on any atom is -0.507 e. The molecule has 5 heteroatoms. The number of amides is 1. The Bertz CT molecular complexity index is 488. The molecule has 1 fully saturated rings. The Balaban J connectivity index is 1.69. The van der Waals surface area contributed by atoms with Crippen LogP contribution in [-0.4, -0.2) is 55.2 Å². The van der Waals surface area contributed by atoms with E-state index in [1.165, 1.54) is 0 Å². The minimum atomic E-state index is 0.0958. The molecule has 1 saturated heterocycles. The number of phenolic OH excluding ortho intramolecular Hbond substituents is 1. The second-order valence-electron chi connectivity index (χ2n) is 6.02. The zero-order chi connectivity index (χ0) is 15.9. The van der Waals surface area contributed by atoms with Crippen LogP contribution < -0.4 is 10.6 Å². The molecule has 1 amide bonds. The summed E-state index contributed by atoms with van der Waals surface area (Å²) in [6.07, 6.45) is 1.20. The van der Waals surface area contributed by atoms with Crippen molar-refractivity contribution in [3.63, 3.8) is 0 Å². The van der Waals surface area contributed by atoms with Crippen molar-refractivity contribution in [3.8, 4) is 5.75 Å². The van der Waals surface area contributed by atoms with Gasteiger partial charge in [0.05, 0.1) is 0 Å². The Labute approximate surface area is 132 Å². The monoisotopic (exact) mass is 305 g/mol. The third-order valence-corrected chi connectivity index (χ3v) is 4.15. The van der Waals surface area contributed by atoms with Gasteiger partial charge in [0.2, 0.25) is 5.91 Å². The molecule has 1 aromatic carbocycles. The van der Waals surface area contributed by atoms with Crippen LogP contribution in [0.1, 0.15) is 23.1 Å². The van der Waals surface area contributed by atoms with Gasteiger partial charge in [-0.05, 0) is 37.0 Å². The first-order valence-electron chi connectivity index (χ1n) is 8.05. The maximum absolute atomic E-state index is 11.9. The second kappa shape index (κ2) is 8.15. The number of nitrogens with one attached hydrogen (secondary N) is 2.